The fourth-order valence-electron chi connectivity index (χ4n) is 3.73. The molecule has 2 fully saturated rings. The number of halogens is 2. The molecular formula is C19H22F2N4O3. The maximum absolute atomic E-state index is 13.3. The molecule has 150 valence electrons. The standard InChI is InChI=1S/C19H22F2N4O3/c1-2-28-18(27)13-9-23-16-12(5-6-22-16)15(13)24-11-4-3-7-25(10-11)17(26)14-8-19(14,20)21/h5-6,9,11,14H,2-4,7-8,10H2,1H3,(H2,22,23,24)/t11-,14+/m1/s1. The maximum Gasteiger partial charge on any atom is 0.341 e. The van der Waals surface area contributed by atoms with Crippen molar-refractivity contribution in [3.8, 4) is 0 Å². The van der Waals surface area contributed by atoms with Gasteiger partial charge in [-0.2, -0.15) is 0 Å². The number of hydrogen-bond donors (Lipinski definition) is 2. The van der Waals surface area contributed by atoms with E-state index in [1.165, 1.54) is 11.1 Å². The highest BCUT2D eigenvalue weighted by Crippen LogP contribution is 2.49. The van der Waals surface area contributed by atoms with Crippen molar-refractivity contribution >= 4 is 28.6 Å². The molecule has 0 bridgehead atoms. The molecule has 1 aliphatic heterocycles. The number of nitrogens with zero attached hydrogens (tertiary/aromatic N) is 2. The van der Waals surface area contributed by atoms with E-state index in [0.29, 0.717) is 36.4 Å². The van der Waals surface area contributed by atoms with Gasteiger partial charge in [0.25, 0.3) is 5.92 Å². The van der Waals surface area contributed by atoms with E-state index in [-0.39, 0.29) is 19.1 Å². The molecule has 9 heteroatoms. The highest BCUT2D eigenvalue weighted by atomic mass is 19.3. The van der Waals surface area contributed by atoms with Crippen LogP contribution in [0.5, 0.6) is 0 Å². The summed E-state index contributed by atoms with van der Waals surface area (Å²) in [5.41, 5.74) is 1.52. The summed E-state index contributed by atoms with van der Waals surface area (Å²) in [6.07, 6.45) is 4.29. The van der Waals surface area contributed by atoms with Crippen molar-refractivity contribution in [2.75, 3.05) is 25.0 Å². The van der Waals surface area contributed by atoms with Gasteiger partial charge >= 0.3 is 5.97 Å². The van der Waals surface area contributed by atoms with E-state index >= 15 is 0 Å². The number of hydrogen-bond acceptors (Lipinski definition) is 5. The van der Waals surface area contributed by atoms with Gasteiger partial charge in [-0.15, -0.1) is 0 Å². The van der Waals surface area contributed by atoms with Crippen LogP contribution in [-0.2, 0) is 9.53 Å². The van der Waals surface area contributed by atoms with E-state index in [9.17, 15) is 18.4 Å². The number of ether oxygens (including phenoxy) is 1. The van der Waals surface area contributed by atoms with E-state index in [2.05, 4.69) is 15.3 Å². The van der Waals surface area contributed by atoms with Crippen LogP contribution < -0.4 is 5.32 Å². The van der Waals surface area contributed by atoms with Crippen molar-refractivity contribution < 1.29 is 23.1 Å². The van der Waals surface area contributed by atoms with Crippen molar-refractivity contribution in [2.45, 2.75) is 38.2 Å². The minimum atomic E-state index is -2.86. The van der Waals surface area contributed by atoms with Gasteiger partial charge in [-0.3, -0.25) is 4.79 Å². The smallest absolute Gasteiger partial charge is 0.341 e. The minimum Gasteiger partial charge on any atom is -0.462 e. The zero-order chi connectivity index (χ0) is 19.9. The van der Waals surface area contributed by atoms with Crippen molar-refractivity contribution in [3.05, 3.63) is 24.0 Å². The van der Waals surface area contributed by atoms with Gasteiger partial charge in [0.2, 0.25) is 5.91 Å². The second-order valence-electron chi connectivity index (χ2n) is 7.29. The van der Waals surface area contributed by atoms with Gasteiger partial charge in [-0.1, -0.05) is 0 Å². The number of aromatic nitrogens is 2. The molecule has 0 aromatic carbocycles. The van der Waals surface area contributed by atoms with E-state index < -0.39 is 23.7 Å². The number of carbonyl (C=O) groups is 2. The fraction of sp³-hybridized carbons (Fsp3) is 0.526. The van der Waals surface area contributed by atoms with Gasteiger partial charge in [-0.25, -0.2) is 18.6 Å². The Morgan fingerprint density at radius 2 is 2.25 bits per heavy atom. The summed E-state index contributed by atoms with van der Waals surface area (Å²) in [5, 5.41) is 4.08. The third-order valence-corrected chi connectivity index (χ3v) is 5.29. The Morgan fingerprint density at radius 3 is 2.96 bits per heavy atom. The molecule has 2 atom stereocenters. The van der Waals surface area contributed by atoms with Crippen LogP contribution in [0.2, 0.25) is 0 Å². The number of likely N-dealkylation sites (tertiary alicyclic amines) is 1. The first-order valence-corrected chi connectivity index (χ1v) is 9.47. The van der Waals surface area contributed by atoms with Crippen LogP contribution in [0.25, 0.3) is 11.0 Å². The van der Waals surface area contributed by atoms with Crippen molar-refractivity contribution in [1.82, 2.24) is 14.9 Å². The number of esters is 1. The highest BCUT2D eigenvalue weighted by Gasteiger charge is 2.62. The summed E-state index contributed by atoms with van der Waals surface area (Å²) in [6.45, 7) is 2.77. The number of piperidine rings is 1. The molecule has 4 rings (SSSR count). The van der Waals surface area contributed by atoms with Crippen molar-refractivity contribution in [2.24, 2.45) is 5.92 Å². The van der Waals surface area contributed by atoms with Crippen LogP contribution >= 0.6 is 0 Å². The molecule has 0 unspecified atom stereocenters. The third-order valence-electron chi connectivity index (χ3n) is 5.29. The Hall–Kier alpha value is -2.71. The molecule has 0 spiro atoms. The Morgan fingerprint density at radius 1 is 1.46 bits per heavy atom. The number of aromatic amines is 1. The normalized spacial score (nSPS) is 23.5. The molecule has 28 heavy (non-hydrogen) atoms. The van der Waals surface area contributed by atoms with Gasteiger partial charge in [0, 0.05) is 43.3 Å². The van der Waals surface area contributed by atoms with Gasteiger partial charge in [-0.05, 0) is 25.8 Å². The molecular weight excluding hydrogens is 370 g/mol. The van der Waals surface area contributed by atoms with Crippen LogP contribution in [-0.4, -0.2) is 58.4 Å². The predicted molar refractivity (Wildman–Crippen MR) is 98.3 cm³/mol. The first-order chi connectivity index (χ1) is 13.4. The lowest BCUT2D eigenvalue weighted by Gasteiger charge is -2.34. The lowest BCUT2D eigenvalue weighted by Crippen LogP contribution is -2.46. The summed E-state index contributed by atoms with van der Waals surface area (Å²) in [6, 6.07) is 1.66. The topological polar surface area (TPSA) is 87.3 Å². The lowest BCUT2D eigenvalue weighted by molar-refractivity contribution is -0.135. The molecule has 2 aromatic rings. The average molecular weight is 392 g/mol. The van der Waals surface area contributed by atoms with Crippen LogP contribution in [0.3, 0.4) is 0 Å². The van der Waals surface area contributed by atoms with E-state index in [1.54, 1.807) is 13.1 Å². The highest BCUT2D eigenvalue weighted by molar-refractivity contribution is 6.04. The van der Waals surface area contributed by atoms with Crippen LogP contribution in [0.4, 0.5) is 14.5 Å². The summed E-state index contributed by atoms with van der Waals surface area (Å²) in [5.74, 6) is -5.01. The maximum atomic E-state index is 13.3. The number of rotatable bonds is 5. The van der Waals surface area contributed by atoms with Crippen molar-refractivity contribution in [3.63, 3.8) is 0 Å². The number of amides is 1. The largest absolute Gasteiger partial charge is 0.462 e. The van der Waals surface area contributed by atoms with Gasteiger partial charge < -0.3 is 19.9 Å². The predicted octanol–water partition coefficient (Wildman–Crippen LogP) is 2.80. The number of alkyl halides is 2. The molecule has 1 saturated carbocycles. The lowest BCUT2D eigenvalue weighted by atomic mass is 10.0. The minimum absolute atomic E-state index is 0.154. The number of H-pyrrole nitrogens is 1. The molecule has 1 amide bonds. The summed E-state index contributed by atoms with van der Waals surface area (Å²) in [4.78, 5) is 33.4. The molecule has 7 nitrogen and oxygen atoms in total. The Labute approximate surface area is 160 Å². The number of pyridine rings is 1. The molecule has 2 aromatic heterocycles. The third kappa shape index (κ3) is 3.41. The molecule has 2 aliphatic rings. The van der Waals surface area contributed by atoms with E-state index in [0.717, 1.165) is 11.8 Å². The number of anilines is 1. The number of nitrogens with one attached hydrogen (secondary N) is 2. The first-order valence-electron chi connectivity index (χ1n) is 9.47. The van der Waals surface area contributed by atoms with Gasteiger partial charge in [0.1, 0.15) is 17.1 Å². The van der Waals surface area contributed by atoms with E-state index in [1.807, 2.05) is 6.07 Å². The fourth-order valence-corrected chi connectivity index (χ4v) is 3.73. The molecule has 1 aliphatic carbocycles. The van der Waals surface area contributed by atoms with Crippen LogP contribution in [0.1, 0.15) is 36.5 Å². The molecule has 2 N–H and O–H groups in total. The van der Waals surface area contributed by atoms with Crippen LogP contribution in [0, 0.1) is 5.92 Å². The monoisotopic (exact) mass is 392 g/mol. The summed E-state index contributed by atoms with van der Waals surface area (Å²) >= 11 is 0. The van der Waals surface area contributed by atoms with Crippen molar-refractivity contribution in [1.29, 1.82) is 0 Å². The van der Waals surface area contributed by atoms with Gasteiger partial charge in [0.15, 0.2) is 0 Å². The van der Waals surface area contributed by atoms with E-state index in [4.69, 9.17) is 4.74 Å². The second kappa shape index (κ2) is 7.03. The summed E-state index contributed by atoms with van der Waals surface area (Å²) in [7, 11) is 0. The zero-order valence-electron chi connectivity index (χ0n) is 15.5. The molecule has 1 saturated heterocycles. The number of carbonyl (C=O) groups excluding carboxylic acids is 2. The van der Waals surface area contributed by atoms with Gasteiger partial charge in [0.05, 0.1) is 12.3 Å². The zero-order valence-corrected chi connectivity index (χ0v) is 15.5. The average Bonchev–Trinajstić information content (AvgIpc) is 3.08. The summed E-state index contributed by atoms with van der Waals surface area (Å²) < 4.78 is 31.7. The Balaban J connectivity index is 1.55. The first kappa shape index (κ1) is 18.6. The number of fused-ring (bicyclic) bond motifs is 1. The molecule has 3 heterocycles. The SMILES string of the molecule is CCOC(=O)c1cnc2[nH]ccc2c1N[C@@H]1CCCN(C(=O)[C@@H]2CC2(F)F)C1. The quantitative estimate of drug-likeness (QED) is 0.764. The Bertz CT molecular complexity index is 914. The van der Waals surface area contributed by atoms with Crippen LogP contribution in [0.15, 0.2) is 18.5 Å². The second-order valence-corrected chi connectivity index (χ2v) is 7.29. The molecule has 0 radical (unpaired) electrons. The Kier molecular flexibility index (Phi) is 4.68.